The van der Waals surface area contributed by atoms with E-state index in [0.29, 0.717) is 13.1 Å². The monoisotopic (exact) mass is 266 g/mol. The van der Waals surface area contributed by atoms with Crippen LogP contribution in [0, 0.1) is 5.41 Å². The van der Waals surface area contributed by atoms with Gasteiger partial charge in [0.25, 0.3) is 10.2 Å². The van der Waals surface area contributed by atoms with Crippen LogP contribution in [0.15, 0.2) is 0 Å². The van der Waals surface area contributed by atoms with Crippen LogP contribution in [0.3, 0.4) is 0 Å². The molecule has 0 saturated heterocycles. The maximum atomic E-state index is 11.9. The highest BCUT2D eigenvalue weighted by molar-refractivity contribution is 7.87. The third-order valence-corrected chi connectivity index (χ3v) is 4.15. The van der Waals surface area contributed by atoms with Crippen molar-refractivity contribution in [1.29, 1.82) is 0 Å². The molecular weight excluding hydrogens is 244 g/mol. The number of hydrogen-bond donors (Lipinski definition) is 2. The van der Waals surface area contributed by atoms with Gasteiger partial charge in [0.2, 0.25) is 0 Å². The molecule has 0 saturated carbocycles. The average Bonchev–Trinajstić information content (AvgIpc) is 2.13. The molecule has 17 heavy (non-hydrogen) atoms. The van der Waals surface area contributed by atoms with Gasteiger partial charge in [0.1, 0.15) is 6.04 Å². The molecule has 0 radical (unpaired) electrons. The van der Waals surface area contributed by atoms with E-state index in [-0.39, 0.29) is 0 Å². The zero-order valence-corrected chi connectivity index (χ0v) is 11.8. The summed E-state index contributed by atoms with van der Waals surface area (Å²) in [5.41, 5.74) is -0.688. The van der Waals surface area contributed by atoms with Gasteiger partial charge < -0.3 is 5.11 Å². The number of rotatable bonds is 6. The maximum absolute atomic E-state index is 11.9. The summed E-state index contributed by atoms with van der Waals surface area (Å²) >= 11 is 0. The summed E-state index contributed by atoms with van der Waals surface area (Å²) in [4.78, 5) is 11.1. The largest absolute Gasteiger partial charge is 0.480 e. The summed E-state index contributed by atoms with van der Waals surface area (Å²) in [5.74, 6) is -1.17. The van der Waals surface area contributed by atoms with E-state index in [9.17, 15) is 13.2 Å². The van der Waals surface area contributed by atoms with Crippen molar-refractivity contribution in [3.05, 3.63) is 0 Å². The van der Waals surface area contributed by atoms with Crippen LogP contribution in [0.25, 0.3) is 0 Å². The molecule has 6 nitrogen and oxygen atoms in total. The molecule has 102 valence electrons. The van der Waals surface area contributed by atoms with Crippen LogP contribution in [0.2, 0.25) is 0 Å². The minimum absolute atomic E-state index is 0.308. The lowest BCUT2D eigenvalue weighted by Crippen LogP contribution is -2.53. The van der Waals surface area contributed by atoms with Gasteiger partial charge in [-0.25, -0.2) is 0 Å². The molecule has 1 atom stereocenters. The van der Waals surface area contributed by atoms with E-state index in [0.717, 1.165) is 0 Å². The van der Waals surface area contributed by atoms with Crippen LogP contribution >= 0.6 is 0 Å². The third-order valence-electron chi connectivity index (χ3n) is 2.43. The van der Waals surface area contributed by atoms with Crippen molar-refractivity contribution >= 4 is 16.2 Å². The first-order chi connectivity index (χ1) is 7.56. The predicted molar refractivity (Wildman–Crippen MR) is 65.9 cm³/mol. The van der Waals surface area contributed by atoms with E-state index in [1.165, 1.54) is 4.31 Å². The Morgan fingerprint density at radius 3 is 1.94 bits per heavy atom. The molecule has 0 unspecified atom stereocenters. The first-order valence-corrected chi connectivity index (χ1v) is 7.00. The minimum atomic E-state index is -3.75. The predicted octanol–water partition coefficient (Wildman–Crippen LogP) is 0.662. The Morgan fingerprint density at radius 1 is 1.29 bits per heavy atom. The first kappa shape index (κ1) is 16.3. The zero-order chi connectivity index (χ0) is 13.9. The van der Waals surface area contributed by atoms with E-state index >= 15 is 0 Å². The highest BCUT2D eigenvalue weighted by Gasteiger charge is 2.36. The van der Waals surface area contributed by atoms with Gasteiger partial charge in [0.15, 0.2) is 0 Å². The number of aliphatic carboxylic acids is 1. The number of nitrogens with zero attached hydrogens (tertiary/aromatic N) is 1. The summed E-state index contributed by atoms with van der Waals surface area (Å²) < 4.78 is 27.2. The second kappa shape index (κ2) is 5.79. The number of hydrogen-bond acceptors (Lipinski definition) is 3. The van der Waals surface area contributed by atoms with Crippen LogP contribution in [0.4, 0.5) is 0 Å². The molecule has 0 aromatic rings. The van der Waals surface area contributed by atoms with Gasteiger partial charge in [-0.2, -0.15) is 17.4 Å². The van der Waals surface area contributed by atoms with Gasteiger partial charge in [0.05, 0.1) is 0 Å². The van der Waals surface area contributed by atoms with Gasteiger partial charge in [-0.15, -0.1) is 0 Å². The fourth-order valence-electron chi connectivity index (χ4n) is 1.38. The standard InChI is InChI=1S/C10H22N2O4S/c1-6-12(7-2)17(15,16)11-8(9(13)14)10(3,4)5/h8,11H,6-7H2,1-5H3,(H,13,14)/t8-/m0/s1. The maximum Gasteiger partial charge on any atom is 0.322 e. The normalized spacial score (nSPS) is 14.9. The molecular formula is C10H22N2O4S. The molecule has 0 aromatic heterocycles. The van der Waals surface area contributed by atoms with Crippen molar-refractivity contribution in [1.82, 2.24) is 9.03 Å². The van der Waals surface area contributed by atoms with Crippen LogP contribution in [-0.2, 0) is 15.0 Å². The third kappa shape index (κ3) is 4.61. The fraction of sp³-hybridized carbons (Fsp3) is 0.900. The van der Waals surface area contributed by atoms with Crippen molar-refractivity contribution in [3.8, 4) is 0 Å². The van der Waals surface area contributed by atoms with Gasteiger partial charge in [-0.1, -0.05) is 34.6 Å². The summed E-state index contributed by atoms with van der Waals surface area (Å²) in [6.07, 6.45) is 0. The molecule has 0 rings (SSSR count). The molecule has 0 aliphatic heterocycles. The number of carboxylic acids is 1. The number of nitrogens with one attached hydrogen (secondary N) is 1. The number of carbonyl (C=O) groups is 1. The van der Waals surface area contributed by atoms with Crippen LogP contribution < -0.4 is 4.72 Å². The topological polar surface area (TPSA) is 86.7 Å². The Labute approximate surface area is 103 Å². The van der Waals surface area contributed by atoms with Crippen molar-refractivity contribution in [3.63, 3.8) is 0 Å². The molecule has 0 aliphatic rings. The minimum Gasteiger partial charge on any atom is -0.480 e. The second-order valence-corrected chi connectivity index (χ2v) is 6.55. The quantitative estimate of drug-likeness (QED) is 0.739. The van der Waals surface area contributed by atoms with Crippen molar-refractivity contribution < 1.29 is 18.3 Å². The highest BCUT2D eigenvalue weighted by Crippen LogP contribution is 2.20. The molecule has 0 aromatic carbocycles. The Hall–Kier alpha value is -0.660. The van der Waals surface area contributed by atoms with Crippen molar-refractivity contribution in [2.24, 2.45) is 5.41 Å². The Morgan fingerprint density at radius 2 is 1.71 bits per heavy atom. The van der Waals surface area contributed by atoms with Gasteiger partial charge >= 0.3 is 5.97 Å². The Kier molecular flexibility index (Phi) is 5.57. The molecule has 2 N–H and O–H groups in total. The summed E-state index contributed by atoms with van der Waals surface area (Å²) in [6.45, 7) is 9.05. The fourth-order valence-corrected chi connectivity index (χ4v) is 2.97. The lowest BCUT2D eigenvalue weighted by Gasteiger charge is -2.30. The van der Waals surface area contributed by atoms with Crippen molar-refractivity contribution in [2.45, 2.75) is 40.7 Å². The van der Waals surface area contributed by atoms with E-state index in [1.54, 1.807) is 34.6 Å². The lowest BCUT2D eigenvalue weighted by molar-refractivity contribution is -0.141. The molecule has 0 bridgehead atoms. The zero-order valence-electron chi connectivity index (χ0n) is 11.0. The lowest BCUT2D eigenvalue weighted by atomic mass is 9.88. The van der Waals surface area contributed by atoms with E-state index in [1.807, 2.05) is 0 Å². The SMILES string of the molecule is CCN(CC)S(=O)(=O)N[C@@H](C(=O)O)C(C)(C)C. The summed E-state index contributed by atoms with van der Waals surface area (Å²) in [5, 5.41) is 9.05. The van der Waals surface area contributed by atoms with Gasteiger partial charge in [-0.3, -0.25) is 4.79 Å². The number of carboxylic acid groups (broad SMARTS) is 1. The Bertz CT molecular complexity index is 355. The van der Waals surface area contributed by atoms with Crippen LogP contribution in [-0.4, -0.2) is 42.9 Å². The molecule has 0 heterocycles. The van der Waals surface area contributed by atoms with Crippen LogP contribution in [0.1, 0.15) is 34.6 Å². The molecule has 0 spiro atoms. The van der Waals surface area contributed by atoms with Gasteiger partial charge in [-0.05, 0) is 5.41 Å². The second-order valence-electron chi connectivity index (χ2n) is 4.84. The van der Waals surface area contributed by atoms with E-state index in [4.69, 9.17) is 5.11 Å². The summed E-state index contributed by atoms with van der Waals surface area (Å²) in [6, 6.07) is -1.15. The smallest absolute Gasteiger partial charge is 0.322 e. The average molecular weight is 266 g/mol. The molecule has 7 heteroatoms. The highest BCUT2D eigenvalue weighted by atomic mass is 32.2. The molecule has 0 fully saturated rings. The van der Waals surface area contributed by atoms with E-state index < -0.39 is 27.6 Å². The van der Waals surface area contributed by atoms with Crippen molar-refractivity contribution in [2.75, 3.05) is 13.1 Å². The Balaban J connectivity index is 5.08. The van der Waals surface area contributed by atoms with Gasteiger partial charge in [0, 0.05) is 13.1 Å². The molecule has 0 aliphatic carbocycles. The van der Waals surface area contributed by atoms with Crippen LogP contribution in [0.5, 0.6) is 0 Å². The van der Waals surface area contributed by atoms with E-state index in [2.05, 4.69) is 4.72 Å². The summed E-state index contributed by atoms with van der Waals surface area (Å²) in [7, 11) is -3.75. The molecule has 0 amide bonds. The first-order valence-electron chi connectivity index (χ1n) is 5.56.